The maximum Gasteiger partial charge on any atom is 0.186 e. The number of hydrogen-bond donors (Lipinski definition) is 0. The number of methoxy groups -OCH3 is 1. The summed E-state index contributed by atoms with van der Waals surface area (Å²) in [6.45, 7) is 2.04. The van der Waals surface area contributed by atoms with Crippen molar-refractivity contribution in [1.82, 2.24) is 0 Å². The minimum Gasteiger partial charge on any atom is -0.496 e. The van der Waals surface area contributed by atoms with Crippen molar-refractivity contribution in [3.63, 3.8) is 0 Å². The SMILES string of the molecule is CC/C(=C\C(=O)c1ccccc1)c1ccccc1OC. The average molecular weight is 266 g/mol. The molecule has 0 heterocycles. The lowest BCUT2D eigenvalue weighted by Crippen LogP contribution is -1.97. The standard InChI is InChI=1S/C18H18O2/c1-3-14(16-11-7-8-12-18(16)20-2)13-17(19)15-9-5-4-6-10-15/h4-13H,3H2,1-2H3/b14-13+. The van der Waals surface area contributed by atoms with Crippen molar-refractivity contribution in [3.05, 3.63) is 71.8 Å². The molecule has 0 aliphatic heterocycles. The zero-order chi connectivity index (χ0) is 14.4. The molecule has 102 valence electrons. The molecule has 2 rings (SSSR count). The minimum absolute atomic E-state index is 0.0216. The fraction of sp³-hybridized carbons (Fsp3) is 0.167. The number of allylic oxidation sites excluding steroid dienone is 2. The van der Waals surface area contributed by atoms with E-state index in [-0.39, 0.29) is 5.78 Å². The first-order valence-electron chi connectivity index (χ1n) is 6.69. The molecule has 0 unspecified atom stereocenters. The van der Waals surface area contributed by atoms with Crippen LogP contribution in [0.4, 0.5) is 0 Å². The van der Waals surface area contributed by atoms with Crippen molar-refractivity contribution in [3.8, 4) is 5.75 Å². The molecule has 0 aliphatic carbocycles. The molecule has 0 spiro atoms. The monoisotopic (exact) mass is 266 g/mol. The second-order valence-corrected chi connectivity index (χ2v) is 4.45. The molecule has 0 saturated heterocycles. The van der Waals surface area contributed by atoms with Gasteiger partial charge in [-0.3, -0.25) is 4.79 Å². The average Bonchev–Trinajstić information content (AvgIpc) is 2.53. The third-order valence-electron chi connectivity index (χ3n) is 3.20. The molecule has 0 radical (unpaired) electrons. The normalized spacial score (nSPS) is 11.2. The molecule has 0 saturated carbocycles. The number of benzene rings is 2. The van der Waals surface area contributed by atoms with Gasteiger partial charge in [0.05, 0.1) is 7.11 Å². The Morgan fingerprint density at radius 2 is 1.70 bits per heavy atom. The van der Waals surface area contributed by atoms with Crippen molar-refractivity contribution in [2.45, 2.75) is 13.3 Å². The van der Waals surface area contributed by atoms with Crippen LogP contribution in [0.1, 0.15) is 29.3 Å². The minimum atomic E-state index is 0.0216. The molecular weight excluding hydrogens is 248 g/mol. The molecule has 2 nitrogen and oxygen atoms in total. The first-order chi connectivity index (χ1) is 9.76. The van der Waals surface area contributed by atoms with Gasteiger partial charge >= 0.3 is 0 Å². The highest BCUT2D eigenvalue weighted by molar-refractivity contribution is 6.08. The number of hydrogen-bond acceptors (Lipinski definition) is 2. The van der Waals surface area contributed by atoms with E-state index in [1.807, 2.05) is 61.5 Å². The lowest BCUT2D eigenvalue weighted by molar-refractivity contribution is 0.104. The third-order valence-corrected chi connectivity index (χ3v) is 3.20. The van der Waals surface area contributed by atoms with Crippen molar-refractivity contribution in [1.29, 1.82) is 0 Å². The van der Waals surface area contributed by atoms with Gasteiger partial charge in [0.2, 0.25) is 0 Å². The number of para-hydroxylation sites is 1. The van der Waals surface area contributed by atoms with Gasteiger partial charge in [0.25, 0.3) is 0 Å². The van der Waals surface area contributed by atoms with Crippen LogP contribution in [-0.2, 0) is 0 Å². The zero-order valence-electron chi connectivity index (χ0n) is 11.8. The van der Waals surface area contributed by atoms with E-state index in [4.69, 9.17) is 4.74 Å². The van der Waals surface area contributed by atoms with Gasteiger partial charge in [-0.25, -0.2) is 0 Å². The summed E-state index contributed by atoms with van der Waals surface area (Å²) >= 11 is 0. The molecule has 20 heavy (non-hydrogen) atoms. The van der Waals surface area contributed by atoms with Crippen LogP contribution in [0.15, 0.2) is 60.7 Å². The van der Waals surface area contributed by atoms with Crippen molar-refractivity contribution in [2.75, 3.05) is 7.11 Å². The van der Waals surface area contributed by atoms with E-state index < -0.39 is 0 Å². The van der Waals surface area contributed by atoms with Crippen LogP contribution < -0.4 is 4.74 Å². The largest absolute Gasteiger partial charge is 0.496 e. The van der Waals surface area contributed by atoms with Crippen molar-refractivity contribution < 1.29 is 9.53 Å². The Bertz CT molecular complexity index is 612. The molecule has 0 atom stereocenters. The van der Waals surface area contributed by atoms with Gasteiger partial charge in [0.1, 0.15) is 5.75 Å². The second-order valence-electron chi connectivity index (χ2n) is 4.45. The quantitative estimate of drug-likeness (QED) is 0.593. The topological polar surface area (TPSA) is 26.3 Å². The summed E-state index contributed by atoms with van der Waals surface area (Å²) in [4.78, 5) is 12.3. The maximum absolute atomic E-state index is 12.3. The molecule has 2 aromatic carbocycles. The van der Waals surface area contributed by atoms with E-state index in [0.717, 1.165) is 23.3 Å². The maximum atomic E-state index is 12.3. The summed E-state index contributed by atoms with van der Waals surface area (Å²) in [6, 6.07) is 17.1. The molecule has 0 aliphatic rings. The van der Waals surface area contributed by atoms with Crippen molar-refractivity contribution in [2.24, 2.45) is 0 Å². The Morgan fingerprint density at radius 3 is 2.35 bits per heavy atom. The molecule has 0 bridgehead atoms. The van der Waals surface area contributed by atoms with Gasteiger partial charge in [-0.1, -0.05) is 55.5 Å². The summed E-state index contributed by atoms with van der Waals surface area (Å²) in [5.74, 6) is 0.815. The van der Waals surface area contributed by atoms with Gasteiger partial charge in [-0.15, -0.1) is 0 Å². The van der Waals surface area contributed by atoms with Crippen molar-refractivity contribution >= 4 is 11.4 Å². The fourth-order valence-corrected chi connectivity index (χ4v) is 2.12. The van der Waals surface area contributed by atoms with E-state index in [0.29, 0.717) is 5.56 Å². The Hall–Kier alpha value is -2.35. The highest BCUT2D eigenvalue weighted by Crippen LogP contribution is 2.28. The molecule has 0 aromatic heterocycles. The Kier molecular flexibility index (Phi) is 4.72. The third kappa shape index (κ3) is 3.15. The molecule has 2 heteroatoms. The lowest BCUT2D eigenvalue weighted by Gasteiger charge is -2.10. The molecule has 0 fully saturated rings. The summed E-state index contributed by atoms with van der Waals surface area (Å²) in [5, 5.41) is 0. The van der Waals surface area contributed by atoms with Gasteiger partial charge in [-0.05, 0) is 24.1 Å². The first kappa shape index (κ1) is 14.1. The second kappa shape index (κ2) is 6.71. The Balaban J connectivity index is 2.37. The zero-order valence-corrected chi connectivity index (χ0v) is 11.8. The summed E-state index contributed by atoms with van der Waals surface area (Å²) in [5.41, 5.74) is 2.66. The predicted molar refractivity (Wildman–Crippen MR) is 82.0 cm³/mol. The highest BCUT2D eigenvalue weighted by Gasteiger charge is 2.09. The molecular formula is C18H18O2. The Morgan fingerprint density at radius 1 is 1.05 bits per heavy atom. The predicted octanol–water partition coefficient (Wildman–Crippen LogP) is 4.37. The first-order valence-corrected chi connectivity index (χ1v) is 6.69. The van der Waals surface area contributed by atoms with E-state index in [9.17, 15) is 4.79 Å². The number of ether oxygens (including phenoxy) is 1. The van der Waals surface area contributed by atoms with Crippen LogP contribution in [-0.4, -0.2) is 12.9 Å². The number of carbonyl (C=O) groups is 1. The molecule has 0 N–H and O–H groups in total. The smallest absolute Gasteiger partial charge is 0.186 e. The van der Waals surface area contributed by atoms with Crippen LogP contribution in [0.5, 0.6) is 5.75 Å². The van der Waals surface area contributed by atoms with Gasteiger partial charge < -0.3 is 4.74 Å². The summed E-state index contributed by atoms with van der Waals surface area (Å²) < 4.78 is 5.36. The van der Waals surface area contributed by atoms with Crippen LogP contribution in [0.3, 0.4) is 0 Å². The van der Waals surface area contributed by atoms with E-state index in [1.165, 1.54) is 0 Å². The van der Waals surface area contributed by atoms with Gasteiger partial charge in [-0.2, -0.15) is 0 Å². The number of ketones is 1. The molecule has 2 aromatic rings. The van der Waals surface area contributed by atoms with Gasteiger partial charge in [0, 0.05) is 11.1 Å². The number of rotatable bonds is 5. The number of carbonyl (C=O) groups excluding carboxylic acids is 1. The Labute approximate surface area is 119 Å². The molecule has 0 amide bonds. The summed E-state index contributed by atoms with van der Waals surface area (Å²) in [6.07, 6.45) is 2.48. The van der Waals surface area contributed by atoms with Crippen LogP contribution in [0.2, 0.25) is 0 Å². The lowest BCUT2D eigenvalue weighted by atomic mass is 9.99. The van der Waals surface area contributed by atoms with Crippen LogP contribution in [0.25, 0.3) is 5.57 Å². The van der Waals surface area contributed by atoms with E-state index in [1.54, 1.807) is 13.2 Å². The fourth-order valence-electron chi connectivity index (χ4n) is 2.12. The summed E-state index contributed by atoms with van der Waals surface area (Å²) in [7, 11) is 1.64. The van der Waals surface area contributed by atoms with E-state index >= 15 is 0 Å². The van der Waals surface area contributed by atoms with Gasteiger partial charge in [0.15, 0.2) is 5.78 Å². The van der Waals surface area contributed by atoms with E-state index in [2.05, 4.69) is 0 Å². The highest BCUT2D eigenvalue weighted by atomic mass is 16.5. The van der Waals surface area contributed by atoms with Crippen LogP contribution in [0, 0.1) is 0 Å². The van der Waals surface area contributed by atoms with Crippen LogP contribution >= 0.6 is 0 Å².